The van der Waals surface area contributed by atoms with Crippen LogP contribution >= 0.6 is 0 Å². The van der Waals surface area contributed by atoms with E-state index >= 15 is 0 Å². The number of hydrogen-bond donors (Lipinski definition) is 0. The molecule has 2 aromatic rings. The van der Waals surface area contributed by atoms with Crippen LogP contribution in [-0.4, -0.2) is 18.2 Å². The lowest BCUT2D eigenvalue weighted by atomic mass is 10.0. The number of carbonyl (C=O) groups excluding carboxylic acids is 1. The predicted octanol–water partition coefficient (Wildman–Crippen LogP) is 3.17. The molecule has 0 aliphatic heterocycles. The van der Waals surface area contributed by atoms with E-state index in [4.69, 9.17) is 4.74 Å². The summed E-state index contributed by atoms with van der Waals surface area (Å²) in [5.41, 5.74) is 1.93. The molecule has 4 nitrogen and oxygen atoms in total. The summed E-state index contributed by atoms with van der Waals surface area (Å²) in [6.07, 6.45) is 3.05. The summed E-state index contributed by atoms with van der Waals surface area (Å²) in [6.45, 7) is 1.67. The van der Waals surface area contributed by atoms with Gasteiger partial charge in [-0.1, -0.05) is 0 Å². The van der Waals surface area contributed by atoms with Crippen LogP contribution in [0.5, 0.6) is 5.88 Å². The SMILES string of the molecule is COc1ncccc1-c1cc(F)cc(C)c1N=C=O. The molecule has 0 aliphatic rings. The molecule has 1 aromatic heterocycles. The number of pyridine rings is 1. The summed E-state index contributed by atoms with van der Waals surface area (Å²) in [5.74, 6) is -0.0712. The number of aliphatic imine (C=N–C) groups is 1. The largest absolute Gasteiger partial charge is 0.481 e. The third-order valence-electron chi connectivity index (χ3n) is 2.68. The second-order valence-corrected chi connectivity index (χ2v) is 3.88. The van der Waals surface area contributed by atoms with Crippen molar-refractivity contribution in [1.29, 1.82) is 0 Å². The van der Waals surface area contributed by atoms with Crippen molar-refractivity contribution in [2.75, 3.05) is 7.11 Å². The summed E-state index contributed by atoms with van der Waals surface area (Å²) in [4.78, 5) is 18.2. The monoisotopic (exact) mass is 258 g/mol. The van der Waals surface area contributed by atoms with Crippen molar-refractivity contribution in [2.45, 2.75) is 6.92 Å². The van der Waals surface area contributed by atoms with Gasteiger partial charge in [-0.25, -0.2) is 14.2 Å². The maximum atomic E-state index is 13.6. The fraction of sp³-hybridized carbons (Fsp3) is 0.143. The van der Waals surface area contributed by atoms with Crippen molar-refractivity contribution in [2.24, 2.45) is 4.99 Å². The number of ether oxygens (including phenoxy) is 1. The Bertz CT molecular complexity index is 664. The highest BCUT2D eigenvalue weighted by Gasteiger charge is 2.14. The van der Waals surface area contributed by atoms with Gasteiger partial charge in [0, 0.05) is 17.3 Å². The Kier molecular flexibility index (Phi) is 3.68. The van der Waals surface area contributed by atoms with Crippen LogP contribution in [0.4, 0.5) is 10.1 Å². The molecule has 0 aliphatic carbocycles. The first-order chi connectivity index (χ1) is 9.17. The second-order valence-electron chi connectivity index (χ2n) is 3.88. The fourth-order valence-electron chi connectivity index (χ4n) is 1.89. The summed E-state index contributed by atoms with van der Waals surface area (Å²) in [6, 6.07) is 6.03. The van der Waals surface area contributed by atoms with Crippen molar-refractivity contribution >= 4 is 11.8 Å². The number of aryl methyl sites for hydroxylation is 1. The topological polar surface area (TPSA) is 51.6 Å². The van der Waals surface area contributed by atoms with Gasteiger partial charge in [0.15, 0.2) is 0 Å². The molecule has 0 atom stereocenters. The summed E-state index contributed by atoms with van der Waals surface area (Å²) >= 11 is 0. The van der Waals surface area contributed by atoms with Gasteiger partial charge in [-0.2, -0.15) is 4.99 Å². The molecule has 5 heteroatoms. The molecule has 0 saturated heterocycles. The van der Waals surface area contributed by atoms with Crippen LogP contribution in [0.25, 0.3) is 11.1 Å². The van der Waals surface area contributed by atoms with Crippen molar-refractivity contribution in [3.63, 3.8) is 0 Å². The molecular formula is C14H11FN2O2. The highest BCUT2D eigenvalue weighted by Crippen LogP contribution is 2.37. The van der Waals surface area contributed by atoms with Crippen LogP contribution in [0.1, 0.15) is 5.56 Å². The molecule has 0 saturated carbocycles. The molecule has 0 spiro atoms. The van der Waals surface area contributed by atoms with Crippen LogP contribution < -0.4 is 4.74 Å². The molecule has 0 unspecified atom stereocenters. The standard InChI is InChI=1S/C14H11FN2O2/c1-9-6-10(15)7-12(13(9)17-8-18)11-4-3-5-16-14(11)19-2/h3-7H,1-2H3. The molecule has 0 N–H and O–H groups in total. The van der Waals surface area contributed by atoms with Gasteiger partial charge in [0.1, 0.15) is 5.82 Å². The average Bonchev–Trinajstić information content (AvgIpc) is 2.41. The Hall–Kier alpha value is -2.52. The lowest BCUT2D eigenvalue weighted by molar-refractivity contribution is 0.399. The Morgan fingerprint density at radius 2 is 2.16 bits per heavy atom. The Balaban J connectivity index is 2.77. The number of hydrogen-bond acceptors (Lipinski definition) is 4. The number of aromatic nitrogens is 1. The van der Waals surface area contributed by atoms with Crippen LogP contribution in [0, 0.1) is 12.7 Å². The second kappa shape index (κ2) is 5.42. The highest BCUT2D eigenvalue weighted by atomic mass is 19.1. The molecule has 96 valence electrons. The van der Waals surface area contributed by atoms with E-state index in [9.17, 15) is 9.18 Å². The molecule has 0 bridgehead atoms. The Morgan fingerprint density at radius 1 is 1.37 bits per heavy atom. The van der Waals surface area contributed by atoms with Crippen molar-refractivity contribution in [3.8, 4) is 17.0 Å². The van der Waals surface area contributed by atoms with E-state index in [1.54, 1.807) is 25.3 Å². The van der Waals surface area contributed by atoms with Crippen LogP contribution in [-0.2, 0) is 4.79 Å². The first-order valence-electron chi connectivity index (χ1n) is 5.54. The highest BCUT2D eigenvalue weighted by molar-refractivity contribution is 5.82. The van der Waals surface area contributed by atoms with Crippen LogP contribution in [0.3, 0.4) is 0 Å². The van der Waals surface area contributed by atoms with Crippen molar-refractivity contribution in [3.05, 3.63) is 41.8 Å². The van der Waals surface area contributed by atoms with E-state index in [2.05, 4.69) is 9.98 Å². The molecule has 1 heterocycles. The molecule has 0 fully saturated rings. The minimum absolute atomic E-state index is 0.342. The zero-order valence-corrected chi connectivity index (χ0v) is 10.5. The molecule has 1 aromatic carbocycles. The minimum Gasteiger partial charge on any atom is -0.481 e. The number of isocyanates is 1. The molecule has 0 radical (unpaired) electrons. The van der Waals surface area contributed by atoms with Crippen LogP contribution in [0.15, 0.2) is 35.5 Å². The number of nitrogens with zero attached hydrogens (tertiary/aromatic N) is 2. The van der Waals surface area contributed by atoms with Gasteiger partial charge < -0.3 is 4.74 Å². The lowest BCUT2D eigenvalue weighted by Crippen LogP contribution is -1.93. The van der Waals surface area contributed by atoms with Gasteiger partial charge in [-0.15, -0.1) is 0 Å². The summed E-state index contributed by atoms with van der Waals surface area (Å²) in [5, 5.41) is 0. The number of rotatable bonds is 3. The maximum Gasteiger partial charge on any atom is 0.240 e. The normalized spacial score (nSPS) is 9.84. The van der Waals surface area contributed by atoms with Gasteiger partial charge in [0.2, 0.25) is 12.0 Å². The lowest BCUT2D eigenvalue weighted by Gasteiger charge is -2.11. The van der Waals surface area contributed by atoms with Gasteiger partial charge in [0.25, 0.3) is 0 Å². The van der Waals surface area contributed by atoms with E-state index in [-0.39, 0.29) is 0 Å². The average molecular weight is 258 g/mol. The molecule has 2 rings (SSSR count). The summed E-state index contributed by atoms with van der Waals surface area (Å²) < 4.78 is 18.7. The Morgan fingerprint density at radius 3 is 2.84 bits per heavy atom. The molecular weight excluding hydrogens is 247 g/mol. The van der Waals surface area contributed by atoms with Crippen molar-refractivity contribution < 1.29 is 13.9 Å². The zero-order chi connectivity index (χ0) is 13.8. The third-order valence-corrected chi connectivity index (χ3v) is 2.68. The van der Waals surface area contributed by atoms with Gasteiger partial charge in [0.05, 0.1) is 12.8 Å². The van der Waals surface area contributed by atoms with Gasteiger partial charge in [-0.3, -0.25) is 0 Å². The first kappa shape index (κ1) is 12.9. The number of benzene rings is 1. The van der Waals surface area contributed by atoms with E-state index in [1.165, 1.54) is 25.3 Å². The smallest absolute Gasteiger partial charge is 0.240 e. The molecule has 0 amide bonds. The fourth-order valence-corrected chi connectivity index (χ4v) is 1.89. The van der Waals surface area contributed by atoms with E-state index in [0.717, 1.165) is 0 Å². The third kappa shape index (κ3) is 2.51. The molecule has 19 heavy (non-hydrogen) atoms. The van der Waals surface area contributed by atoms with Gasteiger partial charge in [-0.05, 0) is 36.8 Å². The predicted molar refractivity (Wildman–Crippen MR) is 68.7 cm³/mol. The quantitative estimate of drug-likeness (QED) is 0.627. The summed E-state index contributed by atoms with van der Waals surface area (Å²) in [7, 11) is 1.47. The van der Waals surface area contributed by atoms with Crippen molar-refractivity contribution in [1.82, 2.24) is 4.98 Å². The zero-order valence-electron chi connectivity index (χ0n) is 10.5. The van der Waals surface area contributed by atoms with Gasteiger partial charge >= 0.3 is 0 Å². The number of halogens is 1. The maximum absolute atomic E-state index is 13.6. The first-order valence-corrected chi connectivity index (χ1v) is 5.54. The van der Waals surface area contributed by atoms with E-state index in [0.29, 0.717) is 28.3 Å². The Labute approximate surface area is 109 Å². The van der Waals surface area contributed by atoms with E-state index < -0.39 is 5.82 Å². The van der Waals surface area contributed by atoms with Crippen LogP contribution in [0.2, 0.25) is 0 Å². The minimum atomic E-state index is -0.414. The van der Waals surface area contributed by atoms with E-state index in [1.807, 2.05) is 0 Å². The number of methoxy groups -OCH3 is 1.